The van der Waals surface area contributed by atoms with Gasteiger partial charge in [-0.15, -0.1) is 0 Å². The van der Waals surface area contributed by atoms with Crippen molar-refractivity contribution in [3.63, 3.8) is 0 Å². The van der Waals surface area contributed by atoms with Gasteiger partial charge in [0, 0.05) is 6.20 Å². The van der Waals surface area contributed by atoms with Crippen LogP contribution in [0.5, 0.6) is 0 Å². The van der Waals surface area contributed by atoms with Gasteiger partial charge < -0.3 is 5.73 Å². The number of rotatable bonds is 1. The summed E-state index contributed by atoms with van der Waals surface area (Å²) >= 11 is 1.72. The number of benzene rings is 1. The van der Waals surface area contributed by atoms with E-state index in [9.17, 15) is 0 Å². The number of hydrogen-bond acceptors (Lipinski definition) is 3. The lowest BCUT2D eigenvalue weighted by Gasteiger charge is -2.01. The number of fused-ring (bicyclic) bond motifs is 3. The highest BCUT2D eigenvalue weighted by molar-refractivity contribution is 7.23. The largest absolute Gasteiger partial charge is 0.320 e. The molecule has 2 N–H and O–H groups in total. The van der Waals surface area contributed by atoms with E-state index in [4.69, 9.17) is 5.73 Å². The molecule has 2 heterocycles. The molecule has 0 aliphatic heterocycles. The van der Waals surface area contributed by atoms with Gasteiger partial charge in [-0.1, -0.05) is 23.5 Å². The molecule has 4 heteroatoms. The molecule has 3 aromatic rings. The monoisotopic (exact) mass is 229 g/mol. The minimum atomic E-state index is -0.132. The van der Waals surface area contributed by atoms with Crippen molar-refractivity contribution >= 4 is 26.5 Å². The predicted octanol–water partition coefficient (Wildman–Crippen LogP) is 2.50. The molecule has 0 spiro atoms. The normalized spacial score (nSPS) is 18.3. The fraction of sp³-hybridized carbons (Fsp3) is 0.250. The van der Waals surface area contributed by atoms with Crippen molar-refractivity contribution in [2.45, 2.75) is 18.4 Å². The van der Waals surface area contributed by atoms with Crippen molar-refractivity contribution in [2.24, 2.45) is 5.73 Å². The Morgan fingerprint density at radius 1 is 1.31 bits per heavy atom. The van der Waals surface area contributed by atoms with E-state index in [0.29, 0.717) is 0 Å². The van der Waals surface area contributed by atoms with E-state index in [2.05, 4.69) is 39.8 Å². The maximum Gasteiger partial charge on any atom is 0.195 e. The van der Waals surface area contributed by atoms with E-state index in [1.807, 2.05) is 0 Å². The Bertz CT molecular complexity index is 690. The quantitative estimate of drug-likeness (QED) is 0.696. The fourth-order valence-electron chi connectivity index (χ4n) is 2.08. The zero-order valence-corrected chi connectivity index (χ0v) is 9.50. The molecule has 1 saturated carbocycles. The molecule has 0 unspecified atom stereocenters. The third kappa shape index (κ3) is 1.03. The van der Waals surface area contributed by atoms with Crippen LogP contribution in [0, 0.1) is 0 Å². The van der Waals surface area contributed by atoms with Crippen molar-refractivity contribution in [3.05, 3.63) is 36.2 Å². The number of para-hydroxylation sites is 1. The molecular weight excluding hydrogens is 218 g/mol. The third-order valence-electron chi connectivity index (χ3n) is 3.30. The minimum Gasteiger partial charge on any atom is -0.320 e. The number of nitrogens with zero attached hydrogens (tertiary/aromatic N) is 2. The highest BCUT2D eigenvalue weighted by Crippen LogP contribution is 2.42. The summed E-state index contributed by atoms with van der Waals surface area (Å²) in [6.07, 6.45) is 4.23. The molecule has 1 aliphatic rings. The Balaban J connectivity index is 2.06. The zero-order chi connectivity index (χ0) is 10.8. The highest BCUT2D eigenvalue weighted by atomic mass is 32.1. The number of nitrogens with two attached hydrogens (primary N) is 1. The van der Waals surface area contributed by atoms with Crippen molar-refractivity contribution in [3.8, 4) is 0 Å². The summed E-state index contributed by atoms with van der Waals surface area (Å²) in [6.45, 7) is 0. The molecule has 80 valence electrons. The lowest BCUT2D eigenvalue weighted by atomic mass is 10.2. The second kappa shape index (κ2) is 2.64. The minimum absolute atomic E-state index is 0.132. The maximum absolute atomic E-state index is 6.16. The van der Waals surface area contributed by atoms with Gasteiger partial charge in [-0.2, -0.15) is 0 Å². The summed E-state index contributed by atoms with van der Waals surface area (Å²) in [6, 6.07) is 8.37. The zero-order valence-electron chi connectivity index (χ0n) is 8.68. The molecule has 1 fully saturated rings. The van der Waals surface area contributed by atoms with E-state index < -0.39 is 0 Å². The smallest absolute Gasteiger partial charge is 0.195 e. The molecule has 0 amide bonds. The molecule has 0 saturated heterocycles. The Kier molecular flexibility index (Phi) is 1.44. The van der Waals surface area contributed by atoms with Crippen LogP contribution in [-0.2, 0) is 5.54 Å². The fourth-order valence-corrected chi connectivity index (χ4v) is 3.09. The van der Waals surface area contributed by atoms with E-state index in [0.717, 1.165) is 23.5 Å². The SMILES string of the molecule is NC1(c2cn3c(n2)sc2ccccc23)CC1. The molecule has 3 nitrogen and oxygen atoms in total. The first-order chi connectivity index (χ1) is 7.76. The van der Waals surface area contributed by atoms with Crippen molar-refractivity contribution < 1.29 is 0 Å². The second-order valence-electron chi connectivity index (χ2n) is 4.50. The molecule has 1 aliphatic carbocycles. The van der Waals surface area contributed by atoms with Gasteiger partial charge in [0.25, 0.3) is 0 Å². The topological polar surface area (TPSA) is 43.3 Å². The maximum atomic E-state index is 6.16. The van der Waals surface area contributed by atoms with Crippen molar-refractivity contribution in [2.75, 3.05) is 0 Å². The second-order valence-corrected chi connectivity index (χ2v) is 5.51. The molecular formula is C12H11N3S. The van der Waals surface area contributed by atoms with E-state index >= 15 is 0 Å². The van der Waals surface area contributed by atoms with Crippen LogP contribution in [0.4, 0.5) is 0 Å². The van der Waals surface area contributed by atoms with E-state index in [1.54, 1.807) is 11.3 Å². The molecule has 16 heavy (non-hydrogen) atoms. The number of imidazole rings is 1. The lowest BCUT2D eigenvalue weighted by molar-refractivity contribution is 0.715. The van der Waals surface area contributed by atoms with Crippen molar-refractivity contribution in [1.82, 2.24) is 9.38 Å². The average Bonchev–Trinajstić information content (AvgIpc) is 2.76. The molecule has 0 atom stereocenters. The summed E-state index contributed by atoms with van der Waals surface area (Å²) in [7, 11) is 0. The van der Waals surface area contributed by atoms with Crippen LogP contribution in [0.25, 0.3) is 15.2 Å². The van der Waals surface area contributed by atoms with Gasteiger partial charge in [-0.3, -0.25) is 4.40 Å². The van der Waals surface area contributed by atoms with Crippen LogP contribution in [0.3, 0.4) is 0 Å². The van der Waals surface area contributed by atoms with E-state index in [-0.39, 0.29) is 5.54 Å². The van der Waals surface area contributed by atoms with Crippen LogP contribution >= 0.6 is 11.3 Å². The Hall–Kier alpha value is -1.39. The van der Waals surface area contributed by atoms with Crippen LogP contribution in [0.1, 0.15) is 18.5 Å². The standard InChI is InChI=1S/C12H11N3S/c13-12(5-6-12)10-7-15-8-3-1-2-4-9(8)16-11(15)14-10/h1-4,7H,5-6,13H2. The summed E-state index contributed by atoms with van der Waals surface area (Å²) in [5, 5.41) is 0. The summed E-state index contributed by atoms with van der Waals surface area (Å²) < 4.78 is 3.43. The van der Waals surface area contributed by atoms with Gasteiger partial charge in [0.05, 0.1) is 21.4 Å². The summed E-state index contributed by atoms with van der Waals surface area (Å²) in [4.78, 5) is 5.69. The molecule has 4 rings (SSSR count). The van der Waals surface area contributed by atoms with Crippen LogP contribution in [-0.4, -0.2) is 9.38 Å². The van der Waals surface area contributed by atoms with E-state index in [1.165, 1.54) is 10.2 Å². The number of thiazole rings is 1. The summed E-state index contributed by atoms with van der Waals surface area (Å²) in [5.41, 5.74) is 8.30. The highest BCUT2D eigenvalue weighted by Gasteiger charge is 2.42. The van der Waals surface area contributed by atoms with Crippen LogP contribution in [0.15, 0.2) is 30.5 Å². The molecule has 2 aromatic heterocycles. The van der Waals surface area contributed by atoms with Crippen molar-refractivity contribution in [1.29, 1.82) is 0 Å². The summed E-state index contributed by atoms with van der Waals surface area (Å²) in [5.74, 6) is 0. The van der Waals surface area contributed by atoms with Gasteiger partial charge in [0.2, 0.25) is 0 Å². The van der Waals surface area contributed by atoms with Crippen LogP contribution in [0.2, 0.25) is 0 Å². The van der Waals surface area contributed by atoms with Gasteiger partial charge in [-0.05, 0) is 25.0 Å². The van der Waals surface area contributed by atoms with Gasteiger partial charge >= 0.3 is 0 Å². The average molecular weight is 229 g/mol. The number of hydrogen-bond donors (Lipinski definition) is 1. The Labute approximate surface area is 96.5 Å². The van der Waals surface area contributed by atoms with Gasteiger partial charge in [0.1, 0.15) is 0 Å². The Morgan fingerprint density at radius 2 is 2.12 bits per heavy atom. The van der Waals surface area contributed by atoms with Gasteiger partial charge in [0.15, 0.2) is 4.96 Å². The lowest BCUT2D eigenvalue weighted by Crippen LogP contribution is -2.18. The third-order valence-corrected chi connectivity index (χ3v) is 4.33. The number of aromatic nitrogens is 2. The Morgan fingerprint density at radius 3 is 2.94 bits per heavy atom. The molecule has 0 radical (unpaired) electrons. The molecule has 0 bridgehead atoms. The van der Waals surface area contributed by atoms with Gasteiger partial charge in [-0.25, -0.2) is 4.98 Å². The molecule has 1 aromatic carbocycles. The first-order valence-corrected chi connectivity index (χ1v) is 6.24. The first kappa shape index (κ1) is 8.73. The predicted molar refractivity (Wildman–Crippen MR) is 65.7 cm³/mol. The van der Waals surface area contributed by atoms with Crippen LogP contribution < -0.4 is 5.73 Å². The first-order valence-electron chi connectivity index (χ1n) is 5.42.